The maximum absolute atomic E-state index is 13.2. The van der Waals surface area contributed by atoms with Crippen LogP contribution < -0.4 is 0 Å². The smallest absolute Gasteiger partial charge is 0.116 e. The number of aliphatic imine (C=N–C) groups is 1. The maximum Gasteiger partial charge on any atom is 0.116 e. The fraction of sp³-hybridized carbons (Fsp3) is 0.457. The molecule has 0 unspecified atom stereocenters. The summed E-state index contributed by atoms with van der Waals surface area (Å²) in [6.07, 6.45) is 22.9. The van der Waals surface area contributed by atoms with Crippen molar-refractivity contribution in [1.82, 2.24) is 9.80 Å². The van der Waals surface area contributed by atoms with E-state index in [4.69, 9.17) is 0 Å². The quantitative estimate of drug-likeness (QED) is 0.285. The van der Waals surface area contributed by atoms with Crippen molar-refractivity contribution in [2.75, 3.05) is 32.7 Å². The van der Waals surface area contributed by atoms with E-state index in [0.29, 0.717) is 0 Å². The molecule has 0 amide bonds. The van der Waals surface area contributed by atoms with E-state index in [1.165, 1.54) is 79.1 Å². The van der Waals surface area contributed by atoms with Crippen LogP contribution in [0.15, 0.2) is 89.9 Å². The molecule has 0 atom stereocenters. The van der Waals surface area contributed by atoms with Gasteiger partial charge in [0.15, 0.2) is 0 Å². The van der Waals surface area contributed by atoms with Gasteiger partial charge in [-0.15, -0.1) is 0 Å². The van der Waals surface area contributed by atoms with Crippen LogP contribution in [0.4, 0.5) is 4.39 Å². The molecule has 0 bridgehead atoms. The van der Waals surface area contributed by atoms with Crippen LogP contribution >= 0.6 is 0 Å². The highest BCUT2D eigenvalue weighted by atomic mass is 19.1. The molecule has 1 saturated heterocycles. The monoisotopic (exact) mass is 527 g/mol. The maximum atomic E-state index is 13.2. The third kappa shape index (κ3) is 9.40. The molecule has 0 radical (unpaired) electrons. The van der Waals surface area contributed by atoms with Gasteiger partial charge >= 0.3 is 0 Å². The molecule has 1 aromatic rings. The third-order valence-electron chi connectivity index (χ3n) is 8.37. The standard InChI is InChI=1S/C35H46FN3/c1-4-30(14-12-29(3)36)25-39-20-8-6-10-33-15-16-34(23-35(33)27-39)28(2)11-13-31-17-21-38(22-18-31)26-32-9-5-7-19-37-24-32/h4-5,7,12,14-16,19,23-24,31H,2-3,6,8-11,13,17-18,20-22,25-27H2,1H3/b14-12-,30-4+. The van der Waals surface area contributed by atoms with Crippen molar-refractivity contribution in [3.8, 4) is 0 Å². The Labute approximate surface area is 235 Å². The Morgan fingerprint density at radius 1 is 1.08 bits per heavy atom. The number of allylic oxidation sites excluding steroid dienone is 6. The lowest BCUT2D eigenvalue weighted by atomic mass is 9.88. The second kappa shape index (κ2) is 15.1. The number of fused-ring (bicyclic) bond motifs is 1. The van der Waals surface area contributed by atoms with Crippen molar-refractivity contribution in [2.24, 2.45) is 10.9 Å². The van der Waals surface area contributed by atoms with E-state index >= 15 is 0 Å². The summed E-state index contributed by atoms with van der Waals surface area (Å²) in [5.74, 6) is 0.382. The summed E-state index contributed by atoms with van der Waals surface area (Å²) in [5, 5.41) is 0. The van der Waals surface area contributed by atoms with E-state index in [1.807, 2.05) is 31.5 Å². The van der Waals surface area contributed by atoms with Gasteiger partial charge in [0.2, 0.25) is 0 Å². The summed E-state index contributed by atoms with van der Waals surface area (Å²) in [6.45, 7) is 16.1. The summed E-state index contributed by atoms with van der Waals surface area (Å²) in [5.41, 5.74) is 7.97. The first kappa shape index (κ1) is 29.2. The molecular weight excluding hydrogens is 481 g/mol. The minimum atomic E-state index is -0.401. The summed E-state index contributed by atoms with van der Waals surface area (Å²) in [7, 11) is 0. The van der Waals surface area contributed by atoms with Gasteiger partial charge in [-0.3, -0.25) is 14.8 Å². The average Bonchev–Trinajstić information content (AvgIpc) is 3.20. The molecule has 0 aliphatic carbocycles. The van der Waals surface area contributed by atoms with Gasteiger partial charge in [-0.2, -0.15) is 0 Å². The highest BCUT2D eigenvalue weighted by molar-refractivity contribution is 5.72. The Bertz CT molecular complexity index is 1140. The normalized spacial score (nSPS) is 19.8. The summed E-state index contributed by atoms with van der Waals surface area (Å²) < 4.78 is 13.2. The minimum absolute atomic E-state index is 0.401. The van der Waals surface area contributed by atoms with Gasteiger partial charge in [-0.25, -0.2) is 4.39 Å². The van der Waals surface area contributed by atoms with Crippen LogP contribution in [0.5, 0.6) is 0 Å². The van der Waals surface area contributed by atoms with Crippen LogP contribution in [-0.4, -0.2) is 48.7 Å². The molecule has 1 fully saturated rings. The van der Waals surface area contributed by atoms with Gasteiger partial charge in [0, 0.05) is 32.0 Å². The number of aryl methyl sites for hydroxylation is 1. The molecule has 1 aromatic carbocycles. The second-order valence-corrected chi connectivity index (χ2v) is 11.4. The van der Waals surface area contributed by atoms with Crippen LogP contribution in [-0.2, 0) is 13.0 Å². The Balaban J connectivity index is 1.29. The van der Waals surface area contributed by atoms with E-state index in [0.717, 1.165) is 56.9 Å². The molecule has 0 saturated carbocycles. The van der Waals surface area contributed by atoms with Crippen molar-refractivity contribution >= 4 is 11.8 Å². The zero-order valence-electron chi connectivity index (χ0n) is 23.9. The molecule has 4 rings (SSSR count). The molecule has 4 heteroatoms. The van der Waals surface area contributed by atoms with Crippen molar-refractivity contribution < 1.29 is 4.39 Å². The minimum Gasteiger partial charge on any atom is -0.299 e. The lowest BCUT2D eigenvalue weighted by Gasteiger charge is -2.32. The first-order valence-corrected chi connectivity index (χ1v) is 14.8. The van der Waals surface area contributed by atoms with Gasteiger partial charge in [0.1, 0.15) is 5.83 Å². The van der Waals surface area contributed by atoms with Gasteiger partial charge in [0.25, 0.3) is 0 Å². The summed E-state index contributed by atoms with van der Waals surface area (Å²) in [6, 6.07) is 7.02. The number of likely N-dealkylation sites (tertiary alicyclic amines) is 1. The van der Waals surface area contributed by atoms with Gasteiger partial charge in [0.05, 0.1) is 0 Å². The number of hydrogen-bond acceptors (Lipinski definition) is 3. The van der Waals surface area contributed by atoms with E-state index in [2.05, 4.69) is 58.3 Å². The van der Waals surface area contributed by atoms with Gasteiger partial charge in [-0.05, 0) is 135 Å². The molecule has 3 aliphatic heterocycles. The zero-order valence-corrected chi connectivity index (χ0v) is 23.9. The lowest BCUT2D eigenvalue weighted by Crippen LogP contribution is -2.35. The predicted octanol–water partition coefficient (Wildman–Crippen LogP) is 8.23. The number of hydrogen-bond donors (Lipinski definition) is 0. The number of benzene rings is 1. The highest BCUT2D eigenvalue weighted by Crippen LogP contribution is 2.29. The Morgan fingerprint density at radius 2 is 1.92 bits per heavy atom. The number of rotatable bonds is 10. The van der Waals surface area contributed by atoms with Gasteiger partial charge in [-0.1, -0.05) is 43.5 Å². The zero-order chi connectivity index (χ0) is 27.5. The molecule has 39 heavy (non-hydrogen) atoms. The van der Waals surface area contributed by atoms with Gasteiger partial charge < -0.3 is 0 Å². The third-order valence-corrected chi connectivity index (χ3v) is 8.37. The summed E-state index contributed by atoms with van der Waals surface area (Å²) >= 11 is 0. The second-order valence-electron chi connectivity index (χ2n) is 11.4. The van der Waals surface area contributed by atoms with Crippen LogP contribution in [0.25, 0.3) is 5.57 Å². The highest BCUT2D eigenvalue weighted by Gasteiger charge is 2.20. The molecule has 3 aliphatic rings. The molecule has 0 spiro atoms. The van der Waals surface area contributed by atoms with E-state index in [-0.39, 0.29) is 0 Å². The van der Waals surface area contributed by atoms with E-state index in [9.17, 15) is 4.39 Å². The van der Waals surface area contributed by atoms with Crippen molar-refractivity contribution in [3.05, 3.63) is 102 Å². The largest absolute Gasteiger partial charge is 0.299 e. The van der Waals surface area contributed by atoms with Crippen molar-refractivity contribution in [2.45, 2.75) is 64.8 Å². The van der Waals surface area contributed by atoms with Crippen LogP contribution in [0, 0.1) is 5.92 Å². The summed E-state index contributed by atoms with van der Waals surface area (Å²) in [4.78, 5) is 9.43. The molecule has 208 valence electrons. The van der Waals surface area contributed by atoms with Crippen molar-refractivity contribution in [3.63, 3.8) is 0 Å². The van der Waals surface area contributed by atoms with Crippen LogP contribution in [0.2, 0.25) is 0 Å². The lowest BCUT2D eigenvalue weighted by molar-refractivity contribution is 0.191. The molecule has 3 nitrogen and oxygen atoms in total. The average molecular weight is 528 g/mol. The molecule has 0 aromatic heterocycles. The SMILES string of the molecule is C=C(F)/C=C\C(=C/C)CN1CCCCc2ccc(C(=C)CCC3CCN(CC4=CN=CC=CC4)CC3)cc2C1. The first-order valence-electron chi connectivity index (χ1n) is 14.8. The first-order chi connectivity index (χ1) is 19.0. The number of piperidine rings is 1. The molecule has 3 heterocycles. The van der Waals surface area contributed by atoms with E-state index < -0.39 is 5.83 Å². The van der Waals surface area contributed by atoms with Crippen molar-refractivity contribution in [1.29, 1.82) is 0 Å². The predicted molar refractivity (Wildman–Crippen MR) is 166 cm³/mol. The van der Waals surface area contributed by atoms with Crippen LogP contribution in [0.3, 0.4) is 0 Å². The fourth-order valence-electron chi connectivity index (χ4n) is 5.92. The molecular formula is C35H46FN3. The fourth-order valence-corrected chi connectivity index (χ4v) is 5.92. The Kier molecular flexibility index (Phi) is 11.3. The Morgan fingerprint density at radius 3 is 2.72 bits per heavy atom. The topological polar surface area (TPSA) is 18.8 Å². The Hall–Kier alpha value is -2.82. The number of nitrogens with zero attached hydrogens (tertiary/aromatic N) is 3. The van der Waals surface area contributed by atoms with Crippen LogP contribution in [0.1, 0.15) is 68.6 Å². The molecule has 0 N–H and O–H groups in total. The van der Waals surface area contributed by atoms with E-state index in [1.54, 1.807) is 0 Å². The number of halogens is 1.